The number of amides is 2. The molecule has 1 fully saturated rings. The van der Waals surface area contributed by atoms with Gasteiger partial charge in [-0.3, -0.25) is 14.5 Å². The fourth-order valence-corrected chi connectivity index (χ4v) is 3.29. The summed E-state index contributed by atoms with van der Waals surface area (Å²) in [5.41, 5.74) is 0.861. The maximum absolute atomic E-state index is 12.2. The van der Waals surface area contributed by atoms with Gasteiger partial charge in [-0.15, -0.1) is 0 Å². The molecule has 1 aromatic rings. The topological polar surface area (TPSA) is 69.6 Å². The molecule has 0 saturated heterocycles. The predicted molar refractivity (Wildman–Crippen MR) is 82.7 cm³/mol. The number of nitrogens with zero attached hydrogens (tertiary/aromatic N) is 1. The lowest BCUT2D eigenvalue weighted by atomic mass is 9.95. The van der Waals surface area contributed by atoms with E-state index in [9.17, 15) is 14.7 Å². The highest BCUT2D eigenvalue weighted by molar-refractivity contribution is 6.21. The van der Waals surface area contributed by atoms with Crippen LogP contribution in [0.15, 0.2) is 24.3 Å². The van der Waals surface area contributed by atoms with E-state index in [1.54, 1.807) is 24.3 Å². The van der Waals surface area contributed by atoms with Crippen molar-refractivity contribution in [2.24, 2.45) is 0 Å². The number of nitrogens with one attached hydrogen (secondary N) is 1. The van der Waals surface area contributed by atoms with E-state index in [0.717, 1.165) is 17.7 Å². The molecule has 0 spiro atoms. The molecule has 1 aliphatic heterocycles. The van der Waals surface area contributed by atoms with Crippen LogP contribution < -0.4 is 5.32 Å². The first-order chi connectivity index (χ1) is 10.7. The SMILES string of the molecule is O=C1c2ccccc2C(=O)N1CC(O)CNC1CCCCC1. The van der Waals surface area contributed by atoms with Crippen LogP contribution in [0.2, 0.25) is 0 Å². The van der Waals surface area contributed by atoms with Crippen LogP contribution in [0.1, 0.15) is 52.8 Å². The van der Waals surface area contributed by atoms with Gasteiger partial charge in [-0.25, -0.2) is 0 Å². The summed E-state index contributed by atoms with van der Waals surface area (Å²) >= 11 is 0. The van der Waals surface area contributed by atoms with Gasteiger partial charge in [0.05, 0.1) is 23.8 Å². The zero-order chi connectivity index (χ0) is 15.5. The largest absolute Gasteiger partial charge is 0.390 e. The average molecular weight is 302 g/mol. The van der Waals surface area contributed by atoms with Crippen LogP contribution in [0.25, 0.3) is 0 Å². The standard InChI is InChI=1S/C17H22N2O3/c20-13(10-18-12-6-2-1-3-7-12)11-19-16(21)14-8-4-5-9-15(14)17(19)22/h4-5,8-9,12-13,18,20H,1-3,6-7,10-11H2. The van der Waals surface area contributed by atoms with Crippen molar-refractivity contribution in [3.8, 4) is 0 Å². The fraction of sp³-hybridized carbons (Fsp3) is 0.529. The molecule has 2 N–H and O–H groups in total. The van der Waals surface area contributed by atoms with Crippen LogP contribution in [0.5, 0.6) is 0 Å². The number of aliphatic hydroxyl groups is 1. The Labute approximate surface area is 130 Å². The number of fused-ring (bicyclic) bond motifs is 1. The van der Waals surface area contributed by atoms with Crippen molar-refractivity contribution in [1.82, 2.24) is 10.2 Å². The van der Waals surface area contributed by atoms with Gasteiger partial charge in [-0.05, 0) is 25.0 Å². The Morgan fingerprint density at radius 2 is 1.68 bits per heavy atom. The first-order valence-electron chi connectivity index (χ1n) is 8.03. The Bertz CT molecular complexity index is 532. The molecule has 0 bridgehead atoms. The maximum atomic E-state index is 12.2. The van der Waals surface area contributed by atoms with E-state index in [0.29, 0.717) is 23.7 Å². The van der Waals surface area contributed by atoms with E-state index in [-0.39, 0.29) is 18.4 Å². The van der Waals surface area contributed by atoms with Crippen molar-refractivity contribution in [3.63, 3.8) is 0 Å². The molecule has 22 heavy (non-hydrogen) atoms. The van der Waals surface area contributed by atoms with Gasteiger partial charge >= 0.3 is 0 Å². The number of β-amino-alcohol motifs (C(OH)–C–C–N with tert-alkyl or cyclic N) is 1. The zero-order valence-electron chi connectivity index (χ0n) is 12.6. The number of hydrogen-bond acceptors (Lipinski definition) is 4. The normalized spacial score (nSPS) is 20.3. The van der Waals surface area contributed by atoms with Crippen LogP contribution in [0, 0.1) is 0 Å². The highest BCUT2D eigenvalue weighted by atomic mass is 16.3. The Morgan fingerprint density at radius 1 is 1.09 bits per heavy atom. The molecular formula is C17H22N2O3. The fourth-order valence-electron chi connectivity index (χ4n) is 3.29. The molecule has 0 radical (unpaired) electrons. The Balaban J connectivity index is 1.55. The quantitative estimate of drug-likeness (QED) is 0.810. The van der Waals surface area contributed by atoms with Gasteiger partial charge in [0.25, 0.3) is 11.8 Å². The second kappa shape index (κ2) is 6.58. The maximum Gasteiger partial charge on any atom is 0.261 e. The lowest BCUT2D eigenvalue weighted by Crippen LogP contribution is -2.43. The highest BCUT2D eigenvalue weighted by Crippen LogP contribution is 2.22. The van der Waals surface area contributed by atoms with Gasteiger partial charge in [0, 0.05) is 12.6 Å². The van der Waals surface area contributed by atoms with E-state index in [1.807, 2.05) is 0 Å². The van der Waals surface area contributed by atoms with Gasteiger partial charge in [0.2, 0.25) is 0 Å². The Kier molecular flexibility index (Phi) is 4.55. The summed E-state index contributed by atoms with van der Waals surface area (Å²) in [5.74, 6) is -0.616. The molecule has 2 aliphatic rings. The molecule has 1 unspecified atom stereocenters. The molecule has 1 atom stereocenters. The molecule has 1 heterocycles. The second-order valence-corrected chi connectivity index (χ2v) is 6.16. The van der Waals surface area contributed by atoms with Gasteiger partial charge in [0.1, 0.15) is 0 Å². The predicted octanol–water partition coefficient (Wildman–Crippen LogP) is 1.57. The van der Waals surface area contributed by atoms with Crippen LogP contribution in [0.4, 0.5) is 0 Å². The molecule has 1 aliphatic carbocycles. The van der Waals surface area contributed by atoms with E-state index >= 15 is 0 Å². The van der Waals surface area contributed by atoms with Gasteiger partial charge in [0.15, 0.2) is 0 Å². The molecule has 1 saturated carbocycles. The van der Waals surface area contributed by atoms with E-state index in [1.165, 1.54) is 19.3 Å². The lowest BCUT2D eigenvalue weighted by molar-refractivity contribution is 0.0539. The van der Waals surface area contributed by atoms with Crippen molar-refractivity contribution in [3.05, 3.63) is 35.4 Å². The van der Waals surface area contributed by atoms with Crippen molar-refractivity contribution in [1.29, 1.82) is 0 Å². The zero-order valence-corrected chi connectivity index (χ0v) is 12.6. The summed E-state index contributed by atoms with van der Waals surface area (Å²) in [6.45, 7) is 0.462. The first kappa shape index (κ1) is 15.2. The number of carbonyl (C=O) groups is 2. The Morgan fingerprint density at radius 3 is 2.27 bits per heavy atom. The third kappa shape index (κ3) is 3.05. The van der Waals surface area contributed by atoms with Crippen LogP contribution >= 0.6 is 0 Å². The molecule has 5 nitrogen and oxygen atoms in total. The van der Waals surface area contributed by atoms with E-state index < -0.39 is 6.10 Å². The highest BCUT2D eigenvalue weighted by Gasteiger charge is 2.36. The van der Waals surface area contributed by atoms with Crippen molar-refractivity contribution >= 4 is 11.8 Å². The Hall–Kier alpha value is -1.72. The van der Waals surface area contributed by atoms with Crippen molar-refractivity contribution in [2.45, 2.75) is 44.2 Å². The summed E-state index contributed by atoms with van der Waals surface area (Å²) in [6, 6.07) is 7.25. The summed E-state index contributed by atoms with van der Waals surface area (Å²) in [4.78, 5) is 25.6. The molecule has 1 aromatic carbocycles. The van der Waals surface area contributed by atoms with Gasteiger partial charge in [-0.2, -0.15) is 0 Å². The number of carbonyl (C=O) groups excluding carboxylic acids is 2. The third-order valence-corrected chi connectivity index (χ3v) is 4.52. The minimum absolute atomic E-state index is 0.0477. The monoisotopic (exact) mass is 302 g/mol. The third-order valence-electron chi connectivity index (χ3n) is 4.52. The van der Waals surface area contributed by atoms with Crippen molar-refractivity contribution < 1.29 is 14.7 Å². The molecule has 118 valence electrons. The number of rotatable bonds is 5. The van der Waals surface area contributed by atoms with E-state index in [4.69, 9.17) is 0 Å². The number of hydrogen-bond donors (Lipinski definition) is 2. The minimum atomic E-state index is -0.732. The first-order valence-corrected chi connectivity index (χ1v) is 8.03. The minimum Gasteiger partial charge on any atom is -0.390 e. The van der Waals surface area contributed by atoms with E-state index in [2.05, 4.69) is 5.32 Å². The lowest BCUT2D eigenvalue weighted by Gasteiger charge is -2.25. The summed E-state index contributed by atoms with van der Waals surface area (Å²) in [7, 11) is 0. The molecule has 3 rings (SSSR count). The van der Waals surface area contributed by atoms with Crippen LogP contribution in [-0.2, 0) is 0 Å². The number of aliphatic hydroxyl groups excluding tert-OH is 1. The smallest absolute Gasteiger partial charge is 0.261 e. The average Bonchev–Trinajstić information content (AvgIpc) is 2.79. The summed E-state index contributed by atoms with van der Waals surface area (Å²) in [6.07, 6.45) is 5.29. The molecule has 5 heteroatoms. The van der Waals surface area contributed by atoms with Crippen molar-refractivity contribution in [2.75, 3.05) is 13.1 Å². The molecule has 2 amide bonds. The summed E-state index contributed by atoms with van der Waals surface area (Å²) < 4.78 is 0. The summed E-state index contributed by atoms with van der Waals surface area (Å²) in [5, 5.41) is 13.5. The molecular weight excluding hydrogens is 280 g/mol. The number of imide groups is 1. The van der Waals surface area contributed by atoms with Crippen LogP contribution in [0.3, 0.4) is 0 Å². The van der Waals surface area contributed by atoms with Crippen LogP contribution in [-0.4, -0.2) is 47.1 Å². The molecule has 0 aromatic heterocycles. The number of benzene rings is 1. The van der Waals surface area contributed by atoms with Gasteiger partial charge < -0.3 is 10.4 Å². The van der Waals surface area contributed by atoms with Gasteiger partial charge in [-0.1, -0.05) is 31.4 Å². The second-order valence-electron chi connectivity index (χ2n) is 6.16.